The van der Waals surface area contributed by atoms with Crippen LogP contribution in [0.1, 0.15) is 323 Å². The lowest BCUT2D eigenvalue weighted by molar-refractivity contribution is -0.167. The minimum atomic E-state index is -0.777. The van der Waals surface area contributed by atoms with Crippen LogP contribution in [0, 0.1) is 0 Å². The molecule has 0 saturated heterocycles. The van der Waals surface area contributed by atoms with Crippen LogP contribution in [0.15, 0.2) is 36.5 Å². The number of carbonyl (C=O) groups excluding carboxylic acids is 3. The minimum absolute atomic E-state index is 0.0743. The smallest absolute Gasteiger partial charge is 0.306 e. The maximum Gasteiger partial charge on any atom is 0.306 e. The number of esters is 3. The van der Waals surface area contributed by atoms with Gasteiger partial charge in [-0.15, -0.1) is 0 Å². The van der Waals surface area contributed by atoms with E-state index < -0.39 is 6.10 Å². The summed E-state index contributed by atoms with van der Waals surface area (Å²) in [5.74, 6) is -0.873. The minimum Gasteiger partial charge on any atom is -0.462 e. The van der Waals surface area contributed by atoms with Gasteiger partial charge in [0.15, 0.2) is 6.10 Å². The predicted molar refractivity (Wildman–Crippen MR) is 293 cm³/mol. The zero-order chi connectivity index (χ0) is 49.3. The monoisotopic (exact) mass is 955 g/mol. The zero-order valence-electron chi connectivity index (χ0n) is 45.6. The zero-order valence-corrected chi connectivity index (χ0v) is 45.6. The van der Waals surface area contributed by atoms with E-state index in [-0.39, 0.29) is 31.1 Å². The molecule has 0 aromatic rings. The highest BCUT2D eigenvalue weighted by Crippen LogP contribution is 2.17. The first kappa shape index (κ1) is 65.6. The number of ether oxygens (including phenoxy) is 3. The lowest BCUT2D eigenvalue weighted by Gasteiger charge is -2.18. The summed E-state index contributed by atoms with van der Waals surface area (Å²) in [5.41, 5.74) is 0. The fourth-order valence-corrected chi connectivity index (χ4v) is 8.82. The van der Waals surface area contributed by atoms with Crippen molar-refractivity contribution in [2.24, 2.45) is 0 Å². The Morgan fingerprint density at radius 3 is 0.853 bits per heavy atom. The van der Waals surface area contributed by atoms with Crippen molar-refractivity contribution >= 4 is 17.9 Å². The average Bonchev–Trinajstić information content (AvgIpc) is 3.34. The van der Waals surface area contributed by atoms with Crippen molar-refractivity contribution in [3.05, 3.63) is 36.5 Å². The first-order valence-corrected chi connectivity index (χ1v) is 30.0. The van der Waals surface area contributed by atoms with Crippen molar-refractivity contribution in [2.45, 2.75) is 329 Å². The van der Waals surface area contributed by atoms with Crippen molar-refractivity contribution in [1.29, 1.82) is 0 Å². The molecule has 68 heavy (non-hydrogen) atoms. The summed E-state index contributed by atoms with van der Waals surface area (Å²) in [5, 5.41) is 0. The van der Waals surface area contributed by atoms with Gasteiger partial charge in [-0.05, 0) is 77.0 Å². The standard InChI is InChI=1S/C62H114O6/c1-4-7-10-13-16-19-22-25-27-29-30-31-32-34-35-37-40-43-46-49-52-55-61(64)67-58-59(57-66-60(63)54-51-48-45-42-39-24-21-18-15-12-9-6-3)68-62(65)56-53-50-47-44-41-38-36-33-28-26-23-20-17-14-11-8-5-2/h17-18,20-21,26,28,59H,4-16,19,22-25,27,29-58H2,1-3H3/b20-17-,21-18-,28-26-. The van der Waals surface area contributed by atoms with Crippen LogP contribution in [0.25, 0.3) is 0 Å². The number of unbranched alkanes of at least 4 members (excludes halogenated alkanes) is 38. The molecule has 0 amide bonds. The van der Waals surface area contributed by atoms with E-state index in [1.807, 2.05) is 0 Å². The van der Waals surface area contributed by atoms with Crippen molar-refractivity contribution in [3.8, 4) is 0 Å². The van der Waals surface area contributed by atoms with Gasteiger partial charge >= 0.3 is 17.9 Å². The number of hydrogen-bond acceptors (Lipinski definition) is 6. The van der Waals surface area contributed by atoms with Crippen molar-refractivity contribution in [1.82, 2.24) is 0 Å². The second-order valence-electron chi connectivity index (χ2n) is 20.3. The number of rotatable bonds is 55. The second-order valence-corrected chi connectivity index (χ2v) is 20.3. The van der Waals surface area contributed by atoms with Gasteiger partial charge in [-0.2, -0.15) is 0 Å². The molecular formula is C62H114O6. The van der Waals surface area contributed by atoms with Crippen LogP contribution < -0.4 is 0 Å². The fourth-order valence-electron chi connectivity index (χ4n) is 8.82. The van der Waals surface area contributed by atoms with Crippen LogP contribution in [-0.2, 0) is 28.6 Å². The van der Waals surface area contributed by atoms with E-state index in [0.29, 0.717) is 19.3 Å². The lowest BCUT2D eigenvalue weighted by Crippen LogP contribution is -2.30. The Hall–Kier alpha value is -2.37. The van der Waals surface area contributed by atoms with Crippen LogP contribution in [0.5, 0.6) is 0 Å². The first-order chi connectivity index (χ1) is 33.5. The molecule has 0 N–H and O–H groups in total. The molecule has 0 fully saturated rings. The normalized spacial score (nSPS) is 12.2. The van der Waals surface area contributed by atoms with E-state index in [4.69, 9.17) is 14.2 Å². The van der Waals surface area contributed by atoms with E-state index in [9.17, 15) is 14.4 Å². The summed E-state index contributed by atoms with van der Waals surface area (Å²) >= 11 is 0. The molecule has 6 heteroatoms. The maximum atomic E-state index is 12.9. The molecule has 0 aliphatic heterocycles. The first-order valence-electron chi connectivity index (χ1n) is 30.0. The van der Waals surface area contributed by atoms with Gasteiger partial charge in [0.1, 0.15) is 13.2 Å². The summed E-state index contributed by atoms with van der Waals surface area (Å²) in [4.78, 5) is 38.2. The van der Waals surface area contributed by atoms with Gasteiger partial charge in [0, 0.05) is 19.3 Å². The Morgan fingerprint density at radius 1 is 0.294 bits per heavy atom. The van der Waals surface area contributed by atoms with Gasteiger partial charge in [0.2, 0.25) is 0 Å². The van der Waals surface area contributed by atoms with Crippen LogP contribution in [0.3, 0.4) is 0 Å². The maximum absolute atomic E-state index is 12.9. The Morgan fingerprint density at radius 2 is 0.529 bits per heavy atom. The molecule has 0 spiro atoms. The molecule has 0 aliphatic rings. The van der Waals surface area contributed by atoms with Gasteiger partial charge in [0.05, 0.1) is 0 Å². The highest BCUT2D eigenvalue weighted by Gasteiger charge is 2.19. The summed E-state index contributed by atoms with van der Waals surface area (Å²) in [6.45, 7) is 6.62. The molecular weight excluding hydrogens is 841 g/mol. The van der Waals surface area contributed by atoms with Crippen LogP contribution in [0.2, 0.25) is 0 Å². The largest absolute Gasteiger partial charge is 0.462 e. The third-order valence-electron chi connectivity index (χ3n) is 13.4. The molecule has 0 heterocycles. The fraction of sp³-hybridized carbons (Fsp3) is 0.855. The van der Waals surface area contributed by atoms with E-state index in [0.717, 1.165) is 77.0 Å². The van der Waals surface area contributed by atoms with E-state index in [1.54, 1.807) is 0 Å². The third kappa shape index (κ3) is 54.6. The van der Waals surface area contributed by atoms with Crippen LogP contribution in [0.4, 0.5) is 0 Å². The molecule has 0 aromatic heterocycles. The molecule has 0 radical (unpaired) electrons. The van der Waals surface area contributed by atoms with E-state index >= 15 is 0 Å². The quantitative estimate of drug-likeness (QED) is 0.0262. The Bertz CT molecular complexity index is 1140. The van der Waals surface area contributed by atoms with Crippen molar-refractivity contribution in [3.63, 3.8) is 0 Å². The van der Waals surface area contributed by atoms with Crippen LogP contribution >= 0.6 is 0 Å². The second kappa shape index (κ2) is 57.2. The molecule has 6 nitrogen and oxygen atoms in total. The summed E-state index contributed by atoms with van der Waals surface area (Å²) in [6.07, 6.45) is 68.6. The highest BCUT2D eigenvalue weighted by atomic mass is 16.6. The SMILES string of the molecule is CCCCC/C=C\C/C=C\CCCCCCCCCC(=O)OC(COC(=O)CCCCCCC/C=C\CCCCC)COC(=O)CCCCCCCCCCCCCCCCCCCCCCC. The number of allylic oxidation sites excluding steroid dienone is 6. The van der Waals surface area contributed by atoms with Crippen molar-refractivity contribution in [2.75, 3.05) is 13.2 Å². The van der Waals surface area contributed by atoms with Gasteiger partial charge in [-0.1, -0.05) is 263 Å². The molecule has 1 atom stereocenters. The Labute approximate surface area is 423 Å². The van der Waals surface area contributed by atoms with Crippen molar-refractivity contribution < 1.29 is 28.6 Å². The summed E-state index contributed by atoms with van der Waals surface area (Å²) < 4.78 is 16.9. The van der Waals surface area contributed by atoms with Gasteiger partial charge in [-0.25, -0.2) is 0 Å². The van der Waals surface area contributed by atoms with E-state index in [1.165, 1.54) is 205 Å². The van der Waals surface area contributed by atoms with E-state index in [2.05, 4.69) is 57.2 Å². The lowest BCUT2D eigenvalue weighted by atomic mass is 10.0. The number of hydrogen-bond donors (Lipinski definition) is 0. The third-order valence-corrected chi connectivity index (χ3v) is 13.4. The Kier molecular flexibility index (Phi) is 55.2. The predicted octanol–water partition coefficient (Wildman–Crippen LogP) is 20.0. The molecule has 1 unspecified atom stereocenters. The summed E-state index contributed by atoms with van der Waals surface area (Å²) in [7, 11) is 0. The van der Waals surface area contributed by atoms with Gasteiger partial charge < -0.3 is 14.2 Å². The van der Waals surface area contributed by atoms with Gasteiger partial charge in [0.25, 0.3) is 0 Å². The molecule has 0 rings (SSSR count). The molecule has 0 saturated carbocycles. The Balaban J connectivity index is 4.29. The molecule has 0 bridgehead atoms. The average molecular weight is 956 g/mol. The topological polar surface area (TPSA) is 78.9 Å². The molecule has 398 valence electrons. The highest BCUT2D eigenvalue weighted by molar-refractivity contribution is 5.71. The number of carbonyl (C=O) groups is 3. The van der Waals surface area contributed by atoms with Gasteiger partial charge in [-0.3, -0.25) is 14.4 Å². The van der Waals surface area contributed by atoms with Crippen LogP contribution in [-0.4, -0.2) is 37.2 Å². The summed E-state index contributed by atoms with van der Waals surface area (Å²) in [6, 6.07) is 0. The molecule has 0 aliphatic carbocycles. The molecule has 0 aromatic carbocycles.